The van der Waals surface area contributed by atoms with Crippen LogP contribution in [0.3, 0.4) is 0 Å². The van der Waals surface area contributed by atoms with Crippen molar-refractivity contribution in [3.05, 3.63) is 58.9 Å². The van der Waals surface area contributed by atoms with Gasteiger partial charge >= 0.3 is 5.97 Å². The van der Waals surface area contributed by atoms with E-state index in [1.165, 1.54) is 34.4 Å². The van der Waals surface area contributed by atoms with Crippen LogP contribution in [-0.4, -0.2) is 38.2 Å². The highest BCUT2D eigenvalue weighted by Crippen LogP contribution is 2.30. The van der Waals surface area contributed by atoms with Gasteiger partial charge in [-0.1, -0.05) is 23.5 Å². The topological polar surface area (TPSA) is 90.2 Å². The summed E-state index contributed by atoms with van der Waals surface area (Å²) in [5.41, 5.74) is 1.20. The molecule has 1 unspecified atom stereocenters. The highest BCUT2D eigenvalue weighted by Gasteiger charge is 2.28. The van der Waals surface area contributed by atoms with Crippen molar-refractivity contribution in [3.63, 3.8) is 0 Å². The van der Waals surface area contributed by atoms with Crippen molar-refractivity contribution in [1.29, 1.82) is 0 Å². The molecule has 0 saturated heterocycles. The van der Waals surface area contributed by atoms with Crippen molar-refractivity contribution >= 4 is 28.3 Å². The molecule has 3 rings (SSSR count). The first-order chi connectivity index (χ1) is 13.9. The lowest BCUT2D eigenvalue weighted by Crippen LogP contribution is -2.36. The van der Waals surface area contributed by atoms with Crippen molar-refractivity contribution in [2.75, 3.05) is 11.5 Å². The molecule has 0 aliphatic rings. The van der Waals surface area contributed by atoms with Gasteiger partial charge in [0.15, 0.2) is 5.13 Å². The van der Waals surface area contributed by atoms with Gasteiger partial charge in [-0.2, -0.15) is 5.10 Å². The maximum absolute atomic E-state index is 13.3. The highest BCUT2D eigenvalue weighted by atomic mass is 32.1. The molecule has 1 amide bonds. The smallest absolute Gasteiger partial charge is 0.350 e. The van der Waals surface area contributed by atoms with E-state index in [0.717, 1.165) is 16.9 Å². The van der Waals surface area contributed by atoms with Crippen molar-refractivity contribution in [3.8, 4) is 0 Å². The molecule has 0 N–H and O–H groups in total. The van der Waals surface area contributed by atoms with E-state index >= 15 is 0 Å². The summed E-state index contributed by atoms with van der Waals surface area (Å²) in [5, 5.41) is 4.38. The molecule has 1 atom stereocenters. The van der Waals surface area contributed by atoms with Crippen LogP contribution in [0.2, 0.25) is 0 Å². The minimum absolute atomic E-state index is 0.160. The van der Waals surface area contributed by atoms with Crippen LogP contribution in [0.4, 0.5) is 9.52 Å². The minimum atomic E-state index is -0.645. The third-order valence-electron chi connectivity index (χ3n) is 4.19. The van der Waals surface area contributed by atoms with Gasteiger partial charge in [0.2, 0.25) is 0 Å². The molecular formula is C19H20FN5O3S. The maximum atomic E-state index is 13.3. The van der Waals surface area contributed by atoms with E-state index < -0.39 is 12.0 Å². The number of aromatic nitrogens is 4. The van der Waals surface area contributed by atoms with Gasteiger partial charge < -0.3 is 4.74 Å². The molecule has 10 heteroatoms. The summed E-state index contributed by atoms with van der Waals surface area (Å²) in [6.07, 6.45) is 2.80. The highest BCUT2D eigenvalue weighted by molar-refractivity contribution is 7.17. The van der Waals surface area contributed by atoms with E-state index in [1.807, 2.05) is 0 Å². The summed E-state index contributed by atoms with van der Waals surface area (Å²) in [6, 6.07) is 5.21. The fourth-order valence-corrected chi connectivity index (χ4v) is 3.62. The van der Waals surface area contributed by atoms with Gasteiger partial charge in [-0.3, -0.25) is 9.69 Å². The summed E-state index contributed by atoms with van der Waals surface area (Å²) in [5.74, 6) is -1.13. The van der Waals surface area contributed by atoms with Gasteiger partial charge in [0.1, 0.15) is 29.4 Å². The molecule has 0 spiro atoms. The van der Waals surface area contributed by atoms with E-state index in [2.05, 4.69) is 15.1 Å². The number of aryl methyl sites for hydroxylation is 1. The quantitative estimate of drug-likeness (QED) is 0.549. The largest absolute Gasteiger partial charge is 0.462 e. The zero-order valence-corrected chi connectivity index (χ0v) is 17.0. The molecule has 0 saturated carbocycles. The van der Waals surface area contributed by atoms with Crippen LogP contribution < -0.4 is 4.90 Å². The Morgan fingerprint density at radius 2 is 2.03 bits per heavy atom. The second kappa shape index (κ2) is 8.91. The first kappa shape index (κ1) is 20.6. The summed E-state index contributed by atoms with van der Waals surface area (Å²) < 4.78 is 19.8. The van der Waals surface area contributed by atoms with E-state index in [1.54, 1.807) is 32.9 Å². The number of esters is 1. The number of thiazole rings is 1. The lowest BCUT2D eigenvalue weighted by atomic mass is 10.2. The monoisotopic (exact) mass is 417 g/mol. The number of amides is 1. The molecule has 0 radical (unpaired) electrons. The van der Waals surface area contributed by atoms with E-state index in [-0.39, 0.29) is 24.9 Å². The number of benzene rings is 1. The van der Waals surface area contributed by atoms with Crippen molar-refractivity contribution in [2.45, 2.75) is 33.4 Å². The minimum Gasteiger partial charge on any atom is -0.462 e. The first-order valence-corrected chi connectivity index (χ1v) is 9.76. The molecule has 29 heavy (non-hydrogen) atoms. The lowest BCUT2D eigenvalue weighted by molar-refractivity contribution is -0.121. The van der Waals surface area contributed by atoms with E-state index in [0.29, 0.717) is 15.7 Å². The number of rotatable bonds is 7. The third kappa shape index (κ3) is 4.65. The Morgan fingerprint density at radius 1 is 1.31 bits per heavy atom. The Kier molecular flexibility index (Phi) is 6.32. The van der Waals surface area contributed by atoms with Crippen LogP contribution >= 0.6 is 11.3 Å². The second-order valence-corrected chi connectivity index (χ2v) is 7.21. The number of anilines is 1. The van der Waals surface area contributed by atoms with Gasteiger partial charge in [-0.25, -0.2) is 23.8 Å². The van der Waals surface area contributed by atoms with Gasteiger partial charge in [0.25, 0.3) is 5.91 Å². The SMILES string of the molecule is CCOC(=O)c1sc(N(Cc2ccc(F)cc2)C(=O)C(C)n2cncn2)nc1C. The summed E-state index contributed by atoms with van der Waals surface area (Å²) in [4.78, 5) is 35.5. The normalized spacial score (nSPS) is 11.9. The van der Waals surface area contributed by atoms with Gasteiger partial charge in [-0.15, -0.1) is 0 Å². The first-order valence-electron chi connectivity index (χ1n) is 8.95. The molecule has 0 aliphatic heterocycles. The van der Waals surface area contributed by atoms with Gasteiger partial charge in [0, 0.05) is 0 Å². The van der Waals surface area contributed by atoms with Crippen LogP contribution in [0.5, 0.6) is 0 Å². The molecule has 152 valence electrons. The molecule has 2 aromatic heterocycles. The Balaban J connectivity index is 1.96. The molecule has 0 aliphatic carbocycles. The van der Waals surface area contributed by atoms with Crippen LogP contribution in [0.25, 0.3) is 0 Å². The van der Waals surface area contributed by atoms with Crippen molar-refractivity contribution in [1.82, 2.24) is 19.7 Å². The second-order valence-electron chi connectivity index (χ2n) is 6.23. The zero-order valence-electron chi connectivity index (χ0n) is 16.2. The summed E-state index contributed by atoms with van der Waals surface area (Å²) in [7, 11) is 0. The fraction of sp³-hybridized carbons (Fsp3) is 0.316. The number of hydrogen-bond donors (Lipinski definition) is 0. The molecule has 0 bridgehead atoms. The average molecular weight is 417 g/mol. The lowest BCUT2D eigenvalue weighted by Gasteiger charge is -2.23. The summed E-state index contributed by atoms with van der Waals surface area (Å²) in [6.45, 7) is 5.51. The Hall–Kier alpha value is -3.14. The Bertz CT molecular complexity index is 988. The zero-order chi connectivity index (χ0) is 21.0. The number of ether oxygens (including phenoxy) is 1. The van der Waals surface area contributed by atoms with E-state index in [4.69, 9.17) is 4.74 Å². The number of halogens is 1. The predicted octanol–water partition coefficient (Wildman–Crippen LogP) is 3.15. The molecule has 3 aromatic rings. The maximum Gasteiger partial charge on any atom is 0.350 e. The molecule has 8 nitrogen and oxygen atoms in total. The number of hydrogen-bond acceptors (Lipinski definition) is 7. The average Bonchev–Trinajstić information content (AvgIpc) is 3.36. The Labute approximate surface area is 171 Å². The number of nitrogens with zero attached hydrogens (tertiary/aromatic N) is 5. The van der Waals surface area contributed by atoms with Gasteiger partial charge in [0.05, 0.1) is 18.8 Å². The van der Waals surface area contributed by atoms with Gasteiger partial charge in [-0.05, 0) is 38.5 Å². The third-order valence-corrected chi connectivity index (χ3v) is 5.35. The van der Waals surface area contributed by atoms with Crippen LogP contribution in [0.15, 0.2) is 36.9 Å². The number of carbonyl (C=O) groups excluding carboxylic acids is 2. The van der Waals surface area contributed by atoms with Crippen LogP contribution in [0.1, 0.15) is 40.8 Å². The predicted molar refractivity (Wildman–Crippen MR) is 105 cm³/mol. The fourth-order valence-electron chi connectivity index (χ4n) is 2.65. The van der Waals surface area contributed by atoms with Crippen LogP contribution in [-0.2, 0) is 16.1 Å². The standard InChI is InChI=1S/C19H20FN5O3S/c1-4-28-18(27)16-12(2)23-19(29-16)24(9-14-5-7-15(20)8-6-14)17(26)13(3)25-11-21-10-22-25/h5-8,10-11,13H,4,9H2,1-3H3. The molecule has 0 fully saturated rings. The van der Waals surface area contributed by atoms with Crippen molar-refractivity contribution in [2.24, 2.45) is 0 Å². The van der Waals surface area contributed by atoms with Crippen LogP contribution in [0, 0.1) is 12.7 Å². The Morgan fingerprint density at radius 3 is 2.66 bits per heavy atom. The van der Waals surface area contributed by atoms with E-state index in [9.17, 15) is 14.0 Å². The van der Waals surface area contributed by atoms with Crippen molar-refractivity contribution < 1.29 is 18.7 Å². The molecule has 2 heterocycles. The summed E-state index contributed by atoms with van der Waals surface area (Å²) >= 11 is 1.08. The number of carbonyl (C=O) groups is 2. The molecule has 1 aromatic carbocycles. The molecular weight excluding hydrogens is 397 g/mol.